The Hall–Kier alpha value is -2.08. The predicted molar refractivity (Wildman–Crippen MR) is 90.1 cm³/mol. The van der Waals surface area contributed by atoms with E-state index >= 15 is 0 Å². The van der Waals surface area contributed by atoms with E-state index in [1.807, 2.05) is 35.2 Å². The van der Waals surface area contributed by atoms with Gasteiger partial charge in [0.05, 0.1) is 6.54 Å². The van der Waals surface area contributed by atoms with Crippen LogP contribution in [0.4, 0.5) is 4.79 Å². The van der Waals surface area contributed by atoms with Crippen molar-refractivity contribution in [2.75, 3.05) is 19.6 Å². The van der Waals surface area contributed by atoms with Gasteiger partial charge in [0.2, 0.25) is 5.91 Å². The molecule has 2 N–H and O–H groups in total. The first-order valence-electron chi connectivity index (χ1n) is 8.66. The second-order valence-electron chi connectivity index (χ2n) is 6.52. The largest absolute Gasteiger partial charge is 0.445 e. The van der Waals surface area contributed by atoms with E-state index in [-0.39, 0.29) is 31.2 Å². The third kappa shape index (κ3) is 4.06. The maximum Gasteiger partial charge on any atom is 0.410 e. The molecule has 2 fully saturated rings. The van der Waals surface area contributed by atoms with Crippen molar-refractivity contribution in [1.82, 2.24) is 9.80 Å². The lowest BCUT2D eigenvalue weighted by atomic mass is 10.0. The number of ether oxygens (including phenoxy) is 1. The third-order valence-corrected chi connectivity index (χ3v) is 4.66. The van der Waals surface area contributed by atoms with Gasteiger partial charge >= 0.3 is 6.09 Å². The van der Waals surface area contributed by atoms with Crippen molar-refractivity contribution in [3.05, 3.63) is 35.9 Å². The Morgan fingerprint density at radius 2 is 1.92 bits per heavy atom. The molecule has 0 radical (unpaired) electrons. The van der Waals surface area contributed by atoms with E-state index in [0.29, 0.717) is 19.1 Å². The molecule has 6 nitrogen and oxygen atoms in total. The summed E-state index contributed by atoms with van der Waals surface area (Å²) in [5.41, 5.74) is 6.53. The van der Waals surface area contributed by atoms with Crippen molar-refractivity contribution >= 4 is 12.0 Å². The highest BCUT2D eigenvalue weighted by molar-refractivity contribution is 5.79. The van der Waals surface area contributed by atoms with Crippen LogP contribution in [0.25, 0.3) is 0 Å². The highest BCUT2D eigenvalue weighted by atomic mass is 16.6. The topological polar surface area (TPSA) is 75.9 Å². The summed E-state index contributed by atoms with van der Waals surface area (Å²) in [4.78, 5) is 28.1. The van der Waals surface area contributed by atoms with Crippen LogP contribution in [0.2, 0.25) is 0 Å². The Bertz CT molecular complexity index is 574. The van der Waals surface area contributed by atoms with Gasteiger partial charge in [0.15, 0.2) is 0 Å². The van der Waals surface area contributed by atoms with E-state index in [2.05, 4.69) is 0 Å². The van der Waals surface area contributed by atoms with Crippen molar-refractivity contribution in [1.29, 1.82) is 0 Å². The van der Waals surface area contributed by atoms with Crippen LogP contribution in [0.5, 0.6) is 0 Å². The van der Waals surface area contributed by atoms with Crippen LogP contribution in [-0.4, -0.2) is 53.5 Å². The van der Waals surface area contributed by atoms with Gasteiger partial charge in [-0.05, 0) is 31.2 Å². The number of carbonyl (C=O) groups is 2. The van der Waals surface area contributed by atoms with Crippen LogP contribution in [0, 0.1) is 0 Å². The van der Waals surface area contributed by atoms with Gasteiger partial charge in [-0.2, -0.15) is 0 Å². The second kappa shape index (κ2) is 7.66. The molecule has 2 aliphatic rings. The lowest BCUT2D eigenvalue weighted by molar-refractivity contribution is -0.133. The van der Waals surface area contributed by atoms with Crippen molar-refractivity contribution < 1.29 is 14.3 Å². The molecular weight excluding hydrogens is 306 g/mol. The maximum atomic E-state index is 12.3. The Balaban J connectivity index is 1.56. The van der Waals surface area contributed by atoms with Gasteiger partial charge in [0, 0.05) is 25.2 Å². The van der Waals surface area contributed by atoms with E-state index in [1.165, 1.54) is 0 Å². The lowest BCUT2D eigenvalue weighted by Crippen LogP contribution is -2.53. The molecule has 3 rings (SSSR count). The van der Waals surface area contributed by atoms with E-state index < -0.39 is 0 Å². The predicted octanol–water partition coefficient (Wildman–Crippen LogP) is 1.74. The number of hydrogen-bond donors (Lipinski definition) is 1. The minimum Gasteiger partial charge on any atom is -0.445 e. The molecule has 1 aliphatic heterocycles. The van der Waals surface area contributed by atoms with E-state index in [1.54, 1.807) is 4.90 Å². The Labute approximate surface area is 142 Å². The van der Waals surface area contributed by atoms with Gasteiger partial charge in [-0.25, -0.2) is 4.79 Å². The van der Waals surface area contributed by atoms with E-state index in [9.17, 15) is 9.59 Å². The molecule has 1 aromatic rings. The first-order chi connectivity index (χ1) is 11.7. The van der Waals surface area contributed by atoms with Crippen molar-refractivity contribution in [3.63, 3.8) is 0 Å². The fraction of sp³-hybridized carbons (Fsp3) is 0.556. The molecule has 1 aromatic carbocycles. The molecule has 130 valence electrons. The molecule has 0 spiro atoms. The number of benzene rings is 1. The summed E-state index contributed by atoms with van der Waals surface area (Å²) in [7, 11) is 0. The SMILES string of the molecule is NCC(=O)N(C1CC1)C1CCCN(C(=O)OCc2ccccc2)C1. The first-order valence-corrected chi connectivity index (χ1v) is 8.66. The zero-order valence-corrected chi connectivity index (χ0v) is 13.9. The molecule has 6 heteroatoms. The average molecular weight is 331 g/mol. The Morgan fingerprint density at radius 1 is 1.17 bits per heavy atom. The monoisotopic (exact) mass is 331 g/mol. The molecule has 1 aliphatic carbocycles. The number of likely N-dealkylation sites (tertiary alicyclic amines) is 1. The van der Waals surface area contributed by atoms with Crippen molar-refractivity contribution in [3.8, 4) is 0 Å². The second-order valence-corrected chi connectivity index (χ2v) is 6.52. The molecule has 0 bridgehead atoms. The Morgan fingerprint density at radius 3 is 2.58 bits per heavy atom. The number of piperidine rings is 1. The zero-order chi connectivity index (χ0) is 16.9. The van der Waals surface area contributed by atoms with Gasteiger partial charge in [0.1, 0.15) is 6.61 Å². The molecule has 1 unspecified atom stereocenters. The van der Waals surface area contributed by atoms with E-state index in [0.717, 1.165) is 31.2 Å². The highest BCUT2D eigenvalue weighted by Crippen LogP contribution is 2.31. The standard InChI is InChI=1S/C18H25N3O3/c19-11-17(22)21(15-8-9-15)16-7-4-10-20(12-16)18(23)24-13-14-5-2-1-3-6-14/h1-3,5-6,15-16H,4,7-13,19H2. The van der Waals surface area contributed by atoms with Gasteiger partial charge in [-0.3, -0.25) is 4.79 Å². The minimum absolute atomic E-state index is 0.0120. The number of hydrogen-bond acceptors (Lipinski definition) is 4. The molecule has 0 aromatic heterocycles. The summed E-state index contributed by atoms with van der Waals surface area (Å²) in [5, 5.41) is 0. The van der Waals surface area contributed by atoms with Crippen LogP contribution >= 0.6 is 0 Å². The average Bonchev–Trinajstić information content (AvgIpc) is 3.45. The highest BCUT2D eigenvalue weighted by Gasteiger charge is 2.39. The van der Waals surface area contributed by atoms with Crippen molar-refractivity contribution in [2.45, 2.75) is 44.4 Å². The first kappa shape index (κ1) is 16.8. The zero-order valence-electron chi connectivity index (χ0n) is 13.9. The molecular formula is C18H25N3O3. The van der Waals surface area contributed by atoms with Crippen LogP contribution in [-0.2, 0) is 16.1 Å². The fourth-order valence-corrected chi connectivity index (χ4v) is 3.32. The third-order valence-electron chi connectivity index (χ3n) is 4.66. The maximum absolute atomic E-state index is 12.3. The minimum atomic E-state index is -0.306. The molecule has 2 amide bonds. The summed E-state index contributed by atoms with van der Waals surface area (Å²) in [6.07, 6.45) is 3.58. The molecule has 1 saturated carbocycles. The molecule has 1 atom stereocenters. The number of rotatable bonds is 5. The number of nitrogens with two attached hydrogens (primary N) is 1. The van der Waals surface area contributed by atoms with Gasteiger partial charge in [-0.1, -0.05) is 30.3 Å². The number of carbonyl (C=O) groups excluding carboxylic acids is 2. The van der Waals surface area contributed by atoms with E-state index in [4.69, 9.17) is 10.5 Å². The van der Waals surface area contributed by atoms with Gasteiger partial charge < -0.3 is 20.3 Å². The summed E-state index contributed by atoms with van der Waals surface area (Å²) in [6, 6.07) is 10.0. The summed E-state index contributed by atoms with van der Waals surface area (Å²) < 4.78 is 5.42. The van der Waals surface area contributed by atoms with Crippen molar-refractivity contribution in [2.24, 2.45) is 5.73 Å². The van der Waals surface area contributed by atoms with Crippen LogP contribution < -0.4 is 5.73 Å². The molecule has 24 heavy (non-hydrogen) atoms. The van der Waals surface area contributed by atoms with Crippen LogP contribution in [0.3, 0.4) is 0 Å². The Kier molecular flexibility index (Phi) is 5.35. The lowest BCUT2D eigenvalue weighted by Gasteiger charge is -2.39. The van der Waals surface area contributed by atoms with Crippen LogP contribution in [0.1, 0.15) is 31.2 Å². The van der Waals surface area contributed by atoms with Gasteiger partial charge in [0.25, 0.3) is 0 Å². The number of nitrogens with zero attached hydrogens (tertiary/aromatic N) is 2. The summed E-state index contributed by atoms with van der Waals surface area (Å²) >= 11 is 0. The molecule has 1 saturated heterocycles. The fourth-order valence-electron chi connectivity index (χ4n) is 3.32. The molecule has 1 heterocycles. The van der Waals surface area contributed by atoms with Gasteiger partial charge in [-0.15, -0.1) is 0 Å². The summed E-state index contributed by atoms with van der Waals surface area (Å²) in [6.45, 7) is 1.52. The smallest absolute Gasteiger partial charge is 0.410 e. The summed E-state index contributed by atoms with van der Waals surface area (Å²) in [5.74, 6) is -0.0120. The normalized spacial score (nSPS) is 20.5. The quantitative estimate of drug-likeness (QED) is 0.892. The van der Waals surface area contributed by atoms with Crippen LogP contribution in [0.15, 0.2) is 30.3 Å². The number of amides is 2.